The number of allylic oxidation sites excluding steroid dienone is 4. The molecule has 0 unspecified atom stereocenters. The average molecular weight is 323 g/mol. The molecule has 0 N–H and O–H groups in total. The molecule has 0 saturated heterocycles. The van der Waals surface area contributed by atoms with Crippen LogP contribution in [-0.4, -0.2) is 5.78 Å². The van der Waals surface area contributed by atoms with Gasteiger partial charge in [0.1, 0.15) is 0 Å². The summed E-state index contributed by atoms with van der Waals surface area (Å²) in [6.45, 7) is 13.9. The molecule has 1 aromatic heterocycles. The van der Waals surface area contributed by atoms with E-state index in [2.05, 4.69) is 33.1 Å². The standard InChI is InChI=1S/C18H23ClOS/c1-12(17-11-15(4)21-16(17)5)8-6-7-9-18(20)13(2)10-14(3)19/h10-11H,1-2,6-9H2,3-5H3/b14-10+. The number of carbonyl (C=O) groups is 1. The Hall–Kier alpha value is -1.12. The SMILES string of the molecule is C=C(/C=C(\C)Cl)C(=O)CCCCC(=C)c1cc(C)sc1C. The van der Waals surface area contributed by atoms with Crippen LogP contribution in [0.3, 0.4) is 0 Å². The number of rotatable bonds is 8. The third-order valence-corrected chi connectivity index (χ3v) is 4.36. The zero-order chi connectivity index (χ0) is 16.0. The highest BCUT2D eigenvalue weighted by Crippen LogP contribution is 2.29. The van der Waals surface area contributed by atoms with E-state index in [9.17, 15) is 4.79 Å². The van der Waals surface area contributed by atoms with Crippen molar-refractivity contribution >= 4 is 34.3 Å². The molecule has 0 aliphatic rings. The highest BCUT2D eigenvalue weighted by Gasteiger charge is 2.08. The number of carbonyl (C=O) groups excluding carboxylic acids is 1. The van der Waals surface area contributed by atoms with Crippen molar-refractivity contribution in [2.24, 2.45) is 0 Å². The van der Waals surface area contributed by atoms with Gasteiger partial charge < -0.3 is 0 Å². The number of Topliss-reactive ketones (excluding diaryl/α,β-unsaturated/α-hetero) is 1. The Morgan fingerprint density at radius 2 is 1.90 bits per heavy atom. The molecule has 0 spiro atoms. The maximum Gasteiger partial charge on any atom is 0.162 e. The van der Waals surface area contributed by atoms with Gasteiger partial charge in [0, 0.05) is 26.8 Å². The van der Waals surface area contributed by atoms with Crippen LogP contribution in [0.25, 0.3) is 5.57 Å². The first-order valence-corrected chi connectivity index (χ1v) is 8.31. The zero-order valence-electron chi connectivity index (χ0n) is 13.1. The highest BCUT2D eigenvalue weighted by molar-refractivity contribution is 7.12. The number of unbranched alkanes of at least 4 members (excludes halogenated alkanes) is 1. The van der Waals surface area contributed by atoms with Crippen LogP contribution in [0, 0.1) is 13.8 Å². The van der Waals surface area contributed by atoms with Crippen molar-refractivity contribution in [1.82, 2.24) is 0 Å². The van der Waals surface area contributed by atoms with Crippen LogP contribution in [0.4, 0.5) is 0 Å². The second kappa shape index (κ2) is 8.35. The Balaban J connectivity index is 2.36. The van der Waals surface area contributed by atoms with Gasteiger partial charge in [0.05, 0.1) is 0 Å². The second-order valence-corrected chi connectivity index (χ2v) is 7.37. The molecule has 1 aromatic rings. The molecule has 0 aliphatic heterocycles. The Bertz CT molecular complexity index is 574. The molecular formula is C18H23ClOS. The second-order valence-electron chi connectivity index (χ2n) is 5.32. The van der Waals surface area contributed by atoms with E-state index in [0.717, 1.165) is 19.3 Å². The summed E-state index contributed by atoms with van der Waals surface area (Å²) in [5.74, 6) is 0.0724. The first-order chi connectivity index (χ1) is 9.81. The summed E-state index contributed by atoms with van der Waals surface area (Å²) in [4.78, 5) is 14.5. The summed E-state index contributed by atoms with van der Waals surface area (Å²) >= 11 is 7.55. The van der Waals surface area contributed by atoms with Gasteiger partial charge in [0.25, 0.3) is 0 Å². The molecule has 0 fully saturated rings. The van der Waals surface area contributed by atoms with Crippen molar-refractivity contribution < 1.29 is 4.79 Å². The van der Waals surface area contributed by atoms with E-state index in [4.69, 9.17) is 11.6 Å². The van der Waals surface area contributed by atoms with E-state index in [0.29, 0.717) is 17.0 Å². The van der Waals surface area contributed by atoms with Crippen LogP contribution in [0.2, 0.25) is 0 Å². The number of ketones is 1. The number of hydrogen-bond donors (Lipinski definition) is 0. The van der Waals surface area contributed by atoms with Crippen LogP contribution in [0.5, 0.6) is 0 Å². The summed E-state index contributed by atoms with van der Waals surface area (Å²) in [6, 6.07) is 2.20. The first kappa shape index (κ1) is 17.9. The van der Waals surface area contributed by atoms with Crippen molar-refractivity contribution in [2.75, 3.05) is 0 Å². The zero-order valence-corrected chi connectivity index (χ0v) is 14.7. The molecule has 1 nitrogen and oxygen atoms in total. The van der Waals surface area contributed by atoms with Crippen molar-refractivity contribution in [3.05, 3.63) is 51.2 Å². The molecule has 0 saturated carbocycles. The maximum atomic E-state index is 11.8. The van der Waals surface area contributed by atoms with E-state index < -0.39 is 0 Å². The van der Waals surface area contributed by atoms with Gasteiger partial charge in [-0.25, -0.2) is 0 Å². The lowest BCUT2D eigenvalue weighted by atomic mass is 10.00. The van der Waals surface area contributed by atoms with E-state index in [1.54, 1.807) is 24.3 Å². The Labute approximate surface area is 137 Å². The van der Waals surface area contributed by atoms with E-state index in [-0.39, 0.29) is 5.78 Å². The molecule has 0 bridgehead atoms. The van der Waals surface area contributed by atoms with Crippen LogP contribution in [-0.2, 0) is 4.79 Å². The summed E-state index contributed by atoms with van der Waals surface area (Å²) in [6.07, 6.45) is 4.90. The fourth-order valence-corrected chi connectivity index (χ4v) is 3.33. The first-order valence-electron chi connectivity index (χ1n) is 7.12. The van der Waals surface area contributed by atoms with Crippen molar-refractivity contribution in [2.45, 2.75) is 46.5 Å². The van der Waals surface area contributed by atoms with Crippen molar-refractivity contribution in [1.29, 1.82) is 0 Å². The van der Waals surface area contributed by atoms with E-state index in [1.165, 1.54) is 20.9 Å². The molecule has 0 atom stereocenters. The summed E-state index contributed by atoms with van der Waals surface area (Å²) in [7, 11) is 0. The lowest BCUT2D eigenvalue weighted by Crippen LogP contribution is -1.99. The number of hydrogen-bond acceptors (Lipinski definition) is 2. The molecule has 0 amide bonds. The maximum absolute atomic E-state index is 11.8. The van der Waals surface area contributed by atoms with Gasteiger partial charge in [-0.05, 0) is 63.3 Å². The summed E-state index contributed by atoms with van der Waals surface area (Å²) in [5.41, 5.74) is 2.93. The minimum absolute atomic E-state index is 0.0724. The molecule has 0 aromatic carbocycles. The largest absolute Gasteiger partial charge is 0.294 e. The van der Waals surface area contributed by atoms with Gasteiger partial charge >= 0.3 is 0 Å². The van der Waals surface area contributed by atoms with E-state index >= 15 is 0 Å². The lowest BCUT2D eigenvalue weighted by molar-refractivity contribution is -0.115. The monoisotopic (exact) mass is 322 g/mol. The van der Waals surface area contributed by atoms with Crippen molar-refractivity contribution in [3.63, 3.8) is 0 Å². The fraction of sp³-hybridized carbons (Fsp3) is 0.389. The normalized spacial score (nSPS) is 11.5. The minimum Gasteiger partial charge on any atom is -0.294 e. The molecule has 21 heavy (non-hydrogen) atoms. The van der Waals surface area contributed by atoms with Gasteiger partial charge in [-0.3, -0.25) is 4.79 Å². The molecule has 114 valence electrons. The summed E-state index contributed by atoms with van der Waals surface area (Å²) in [5, 5.41) is 0.588. The van der Waals surface area contributed by atoms with Crippen LogP contribution >= 0.6 is 22.9 Å². The van der Waals surface area contributed by atoms with E-state index in [1.807, 2.05) is 0 Å². The van der Waals surface area contributed by atoms with Crippen LogP contribution in [0.1, 0.15) is 47.9 Å². The van der Waals surface area contributed by atoms with Crippen molar-refractivity contribution in [3.8, 4) is 0 Å². The molecule has 0 radical (unpaired) electrons. The molecule has 1 heterocycles. The van der Waals surface area contributed by atoms with Crippen LogP contribution < -0.4 is 0 Å². The predicted octanol–water partition coefficient (Wildman–Crippen LogP) is 6.21. The number of thiophene rings is 1. The van der Waals surface area contributed by atoms with Gasteiger partial charge in [0.15, 0.2) is 5.78 Å². The quantitative estimate of drug-likeness (QED) is 0.316. The Kier molecular flexibility index (Phi) is 7.13. The van der Waals surface area contributed by atoms with Gasteiger partial charge in [-0.1, -0.05) is 24.8 Å². The fourth-order valence-electron chi connectivity index (χ4n) is 2.22. The Morgan fingerprint density at radius 3 is 2.43 bits per heavy atom. The van der Waals surface area contributed by atoms with Crippen LogP contribution in [0.15, 0.2) is 35.9 Å². The van der Waals surface area contributed by atoms with Gasteiger partial charge in [0.2, 0.25) is 0 Å². The van der Waals surface area contributed by atoms with Gasteiger partial charge in [-0.2, -0.15) is 0 Å². The number of halogens is 1. The minimum atomic E-state index is 0.0724. The molecular weight excluding hydrogens is 300 g/mol. The summed E-state index contributed by atoms with van der Waals surface area (Å²) < 4.78 is 0. The third-order valence-electron chi connectivity index (χ3n) is 3.29. The highest BCUT2D eigenvalue weighted by atomic mass is 35.5. The predicted molar refractivity (Wildman–Crippen MR) is 95.1 cm³/mol. The molecule has 3 heteroatoms. The molecule has 1 rings (SSSR count). The lowest BCUT2D eigenvalue weighted by Gasteiger charge is -2.05. The average Bonchev–Trinajstić information content (AvgIpc) is 2.72. The third kappa shape index (κ3) is 6.03. The van der Waals surface area contributed by atoms with Gasteiger partial charge in [-0.15, -0.1) is 11.3 Å². The Morgan fingerprint density at radius 1 is 1.29 bits per heavy atom. The topological polar surface area (TPSA) is 17.1 Å². The number of aryl methyl sites for hydroxylation is 2. The smallest absolute Gasteiger partial charge is 0.162 e. The molecule has 0 aliphatic carbocycles.